The standard InChI is InChI=1S/C43H28N2O/c1-4-15-29(16-5-1)42-44-37(28-38(45-42)40-27-30-17-10-13-26-39(30)46-40)34-23-14-25-36-41(34)33-22-11-12-24-35(33)43(36,31-18-6-2-7-19-31)32-20-8-3-9-21-32/h1-28H. The Bertz CT molecular complexity index is 2290. The summed E-state index contributed by atoms with van der Waals surface area (Å²) in [4.78, 5) is 10.3. The predicted octanol–water partition coefficient (Wildman–Crippen LogP) is 10.6. The van der Waals surface area contributed by atoms with E-state index in [9.17, 15) is 0 Å². The lowest BCUT2D eigenvalue weighted by molar-refractivity contribution is 0.628. The van der Waals surface area contributed by atoms with Gasteiger partial charge in [-0.05, 0) is 51.6 Å². The van der Waals surface area contributed by atoms with E-state index < -0.39 is 5.41 Å². The van der Waals surface area contributed by atoms with E-state index in [0.717, 1.165) is 39.2 Å². The van der Waals surface area contributed by atoms with Crippen LogP contribution in [0.25, 0.3) is 56.2 Å². The zero-order valence-electron chi connectivity index (χ0n) is 25.0. The molecule has 0 spiro atoms. The summed E-state index contributed by atoms with van der Waals surface area (Å²) in [6.07, 6.45) is 0. The van der Waals surface area contributed by atoms with Gasteiger partial charge in [0.2, 0.25) is 0 Å². The summed E-state index contributed by atoms with van der Waals surface area (Å²) < 4.78 is 6.34. The lowest BCUT2D eigenvalue weighted by atomic mass is 9.67. The minimum atomic E-state index is -0.485. The van der Waals surface area contributed by atoms with Crippen molar-refractivity contribution in [1.82, 2.24) is 9.97 Å². The van der Waals surface area contributed by atoms with Crippen LogP contribution in [0.1, 0.15) is 22.3 Å². The number of fused-ring (bicyclic) bond motifs is 4. The van der Waals surface area contributed by atoms with Crippen molar-refractivity contribution >= 4 is 11.0 Å². The Kier molecular flexibility index (Phi) is 6.04. The number of furan rings is 1. The molecule has 3 heteroatoms. The number of nitrogens with zero attached hydrogens (tertiary/aromatic N) is 2. The Hall–Kier alpha value is -6.06. The highest BCUT2D eigenvalue weighted by Crippen LogP contribution is 2.58. The van der Waals surface area contributed by atoms with Crippen molar-refractivity contribution in [1.29, 1.82) is 0 Å². The second-order valence-corrected chi connectivity index (χ2v) is 11.7. The molecular formula is C43H28N2O. The first-order valence-corrected chi connectivity index (χ1v) is 15.6. The molecule has 0 radical (unpaired) electrons. The van der Waals surface area contributed by atoms with Gasteiger partial charge in [0.25, 0.3) is 0 Å². The maximum absolute atomic E-state index is 6.34. The van der Waals surface area contributed by atoms with Crippen LogP contribution in [0.4, 0.5) is 0 Å². The second-order valence-electron chi connectivity index (χ2n) is 11.7. The predicted molar refractivity (Wildman–Crippen MR) is 185 cm³/mol. The van der Waals surface area contributed by atoms with E-state index in [1.54, 1.807) is 0 Å². The summed E-state index contributed by atoms with van der Waals surface area (Å²) in [5.41, 5.74) is 11.4. The monoisotopic (exact) mass is 588 g/mol. The highest BCUT2D eigenvalue weighted by molar-refractivity contribution is 5.95. The van der Waals surface area contributed by atoms with Gasteiger partial charge in [0.15, 0.2) is 11.6 Å². The molecule has 2 heterocycles. The Balaban J connectivity index is 1.35. The number of hydrogen-bond acceptors (Lipinski definition) is 3. The van der Waals surface area contributed by atoms with Crippen LogP contribution in [-0.2, 0) is 5.41 Å². The topological polar surface area (TPSA) is 38.9 Å². The van der Waals surface area contributed by atoms with Crippen LogP contribution >= 0.6 is 0 Å². The Morgan fingerprint density at radius 1 is 0.457 bits per heavy atom. The van der Waals surface area contributed by atoms with Gasteiger partial charge in [-0.15, -0.1) is 0 Å². The molecule has 0 atom stereocenters. The van der Waals surface area contributed by atoms with Crippen molar-refractivity contribution in [3.05, 3.63) is 192 Å². The molecule has 1 aliphatic carbocycles. The molecule has 3 nitrogen and oxygen atoms in total. The molecule has 0 amide bonds. The molecular weight excluding hydrogens is 560 g/mol. The fourth-order valence-electron chi connectivity index (χ4n) is 7.24. The number of benzene rings is 6. The number of hydrogen-bond donors (Lipinski definition) is 0. The highest BCUT2D eigenvalue weighted by atomic mass is 16.3. The van der Waals surface area contributed by atoms with Crippen molar-refractivity contribution in [3.63, 3.8) is 0 Å². The zero-order valence-corrected chi connectivity index (χ0v) is 25.0. The summed E-state index contributed by atoms with van der Waals surface area (Å²) >= 11 is 0. The Labute approximate surface area is 267 Å². The zero-order chi connectivity index (χ0) is 30.5. The summed E-state index contributed by atoms with van der Waals surface area (Å²) in [5, 5.41) is 1.05. The third kappa shape index (κ3) is 3.99. The van der Waals surface area contributed by atoms with Gasteiger partial charge in [-0.25, -0.2) is 9.97 Å². The maximum atomic E-state index is 6.34. The van der Waals surface area contributed by atoms with E-state index in [-0.39, 0.29) is 0 Å². The molecule has 1 aliphatic rings. The quantitative estimate of drug-likeness (QED) is 0.201. The molecule has 2 aromatic heterocycles. The SMILES string of the molecule is c1ccc(-c2nc(-c3cc4ccccc4o3)cc(-c3cccc4c3-c3ccccc3C4(c3ccccc3)c3ccccc3)n2)cc1. The highest BCUT2D eigenvalue weighted by Gasteiger charge is 2.46. The van der Waals surface area contributed by atoms with Crippen LogP contribution < -0.4 is 0 Å². The first kappa shape index (κ1) is 26.4. The van der Waals surface area contributed by atoms with Crippen LogP contribution in [0.15, 0.2) is 174 Å². The van der Waals surface area contributed by atoms with Crippen molar-refractivity contribution in [2.45, 2.75) is 5.41 Å². The third-order valence-corrected chi connectivity index (χ3v) is 9.19. The molecule has 9 rings (SSSR count). The summed E-state index contributed by atoms with van der Waals surface area (Å²) in [6.45, 7) is 0. The molecule has 0 bridgehead atoms. The molecule has 46 heavy (non-hydrogen) atoms. The minimum Gasteiger partial charge on any atom is -0.454 e. The van der Waals surface area contributed by atoms with Crippen molar-refractivity contribution in [2.75, 3.05) is 0 Å². The summed E-state index contributed by atoms with van der Waals surface area (Å²) in [6, 6.07) is 59.6. The van der Waals surface area contributed by atoms with Crippen molar-refractivity contribution in [3.8, 4) is 45.2 Å². The van der Waals surface area contributed by atoms with Crippen molar-refractivity contribution in [2.24, 2.45) is 0 Å². The van der Waals surface area contributed by atoms with Gasteiger partial charge in [-0.3, -0.25) is 0 Å². The molecule has 0 N–H and O–H groups in total. The fraction of sp³-hybridized carbons (Fsp3) is 0.0233. The molecule has 0 fully saturated rings. The smallest absolute Gasteiger partial charge is 0.160 e. The van der Waals surface area contributed by atoms with Crippen LogP contribution in [-0.4, -0.2) is 9.97 Å². The molecule has 216 valence electrons. The second kappa shape index (κ2) is 10.5. The van der Waals surface area contributed by atoms with E-state index in [1.165, 1.54) is 33.4 Å². The lowest BCUT2D eigenvalue weighted by Crippen LogP contribution is -2.28. The van der Waals surface area contributed by atoms with Gasteiger partial charge in [0.1, 0.15) is 11.3 Å². The van der Waals surface area contributed by atoms with Gasteiger partial charge in [0.05, 0.1) is 11.1 Å². The van der Waals surface area contributed by atoms with E-state index in [1.807, 2.05) is 36.4 Å². The molecule has 0 saturated heterocycles. The van der Waals surface area contributed by atoms with E-state index in [2.05, 4.69) is 133 Å². The van der Waals surface area contributed by atoms with Crippen LogP contribution in [0, 0.1) is 0 Å². The number of para-hydroxylation sites is 1. The lowest BCUT2D eigenvalue weighted by Gasteiger charge is -2.33. The average molecular weight is 589 g/mol. The summed E-state index contributed by atoms with van der Waals surface area (Å²) in [7, 11) is 0. The summed E-state index contributed by atoms with van der Waals surface area (Å²) in [5.74, 6) is 1.38. The number of aromatic nitrogens is 2. The Morgan fingerprint density at radius 3 is 1.78 bits per heavy atom. The number of rotatable bonds is 5. The molecule has 0 aliphatic heterocycles. The van der Waals surface area contributed by atoms with Crippen molar-refractivity contribution < 1.29 is 4.42 Å². The van der Waals surface area contributed by atoms with E-state index in [4.69, 9.17) is 14.4 Å². The van der Waals surface area contributed by atoms with Crippen LogP contribution in [0.3, 0.4) is 0 Å². The van der Waals surface area contributed by atoms with Gasteiger partial charge in [-0.1, -0.05) is 152 Å². The maximum Gasteiger partial charge on any atom is 0.160 e. The van der Waals surface area contributed by atoms with Gasteiger partial charge in [-0.2, -0.15) is 0 Å². The average Bonchev–Trinajstić information content (AvgIpc) is 3.71. The van der Waals surface area contributed by atoms with Crippen LogP contribution in [0.2, 0.25) is 0 Å². The van der Waals surface area contributed by atoms with E-state index in [0.29, 0.717) is 5.82 Å². The van der Waals surface area contributed by atoms with E-state index >= 15 is 0 Å². The normalized spacial score (nSPS) is 13.0. The molecule has 6 aromatic carbocycles. The third-order valence-electron chi connectivity index (χ3n) is 9.19. The first-order valence-electron chi connectivity index (χ1n) is 15.6. The fourth-order valence-corrected chi connectivity index (χ4v) is 7.24. The first-order chi connectivity index (χ1) is 22.8. The largest absolute Gasteiger partial charge is 0.454 e. The molecule has 0 unspecified atom stereocenters. The van der Waals surface area contributed by atoms with Crippen LogP contribution in [0.5, 0.6) is 0 Å². The van der Waals surface area contributed by atoms with Gasteiger partial charge < -0.3 is 4.42 Å². The van der Waals surface area contributed by atoms with Gasteiger partial charge >= 0.3 is 0 Å². The minimum absolute atomic E-state index is 0.485. The Morgan fingerprint density at radius 2 is 1.04 bits per heavy atom. The van der Waals surface area contributed by atoms with Gasteiger partial charge in [0, 0.05) is 16.5 Å². The molecule has 0 saturated carbocycles. The molecule has 8 aromatic rings.